The Morgan fingerprint density at radius 3 is 2.81 bits per heavy atom. The monoisotopic (exact) mass is 362 g/mol. The van der Waals surface area contributed by atoms with Crippen LogP contribution >= 0.6 is 11.9 Å². The molecule has 130 valence electrons. The zero-order chi connectivity index (χ0) is 17.5. The molecule has 0 amide bonds. The predicted octanol–water partition coefficient (Wildman–Crippen LogP) is 4.15. The van der Waals surface area contributed by atoms with Gasteiger partial charge in [0.25, 0.3) is 0 Å². The van der Waals surface area contributed by atoms with Crippen LogP contribution in [-0.2, 0) is 7.05 Å². The van der Waals surface area contributed by atoms with Gasteiger partial charge in [-0.25, -0.2) is 9.67 Å². The summed E-state index contributed by atoms with van der Waals surface area (Å²) >= 11 is 1.55. The third kappa shape index (κ3) is 2.74. The first-order valence-corrected chi connectivity index (χ1v) is 9.45. The maximum absolute atomic E-state index is 4.60. The van der Waals surface area contributed by atoms with E-state index < -0.39 is 0 Å². The fourth-order valence-electron chi connectivity index (χ4n) is 3.18. The van der Waals surface area contributed by atoms with E-state index in [1.54, 1.807) is 11.9 Å². The topological polar surface area (TPSA) is 60.6 Å². The Labute approximate surface area is 155 Å². The molecule has 0 bridgehead atoms. The van der Waals surface area contributed by atoms with Crippen LogP contribution in [0.25, 0.3) is 16.7 Å². The molecule has 0 saturated heterocycles. The second kappa shape index (κ2) is 6.17. The number of aromatic nitrogens is 5. The van der Waals surface area contributed by atoms with Crippen LogP contribution in [0.5, 0.6) is 0 Å². The van der Waals surface area contributed by atoms with Gasteiger partial charge >= 0.3 is 0 Å². The minimum absolute atomic E-state index is 0.648. The summed E-state index contributed by atoms with van der Waals surface area (Å²) in [6.07, 6.45) is 8.12. The molecule has 26 heavy (non-hydrogen) atoms. The second-order valence-electron chi connectivity index (χ2n) is 6.51. The minimum Gasteiger partial charge on any atom is -0.324 e. The van der Waals surface area contributed by atoms with Crippen LogP contribution < -0.4 is 4.72 Å². The van der Waals surface area contributed by atoms with E-state index in [2.05, 4.69) is 44.2 Å². The van der Waals surface area contributed by atoms with Gasteiger partial charge in [0, 0.05) is 41.3 Å². The SMILES string of the molecule is Cn1ncc2cccc(NSc3ccc(-n4nccc4C4CC4)nc3)c21. The standard InChI is InChI=1S/C19H18N6S/c1-24-19-14(11-22-24)3-2-4-16(19)23-26-15-7-8-18(20-12-15)25-17(9-10-21-25)13-5-6-13/h2-4,7-13,23H,5-6H2,1H3. The molecule has 1 saturated carbocycles. The van der Waals surface area contributed by atoms with Gasteiger partial charge in [-0.15, -0.1) is 0 Å². The molecular weight excluding hydrogens is 344 g/mol. The van der Waals surface area contributed by atoms with Crippen molar-refractivity contribution in [1.29, 1.82) is 0 Å². The summed E-state index contributed by atoms with van der Waals surface area (Å²) in [5, 5.41) is 9.88. The van der Waals surface area contributed by atoms with Crippen LogP contribution in [0.15, 0.2) is 59.9 Å². The number of aryl methyl sites for hydroxylation is 1. The summed E-state index contributed by atoms with van der Waals surface area (Å²) in [5.41, 5.74) is 3.40. The summed E-state index contributed by atoms with van der Waals surface area (Å²) in [6, 6.07) is 12.3. The Hall–Kier alpha value is -2.80. The molecule has 7 heteroatoms. The fraction of sp³-hybridized carbons (Fsp3) is 0.211. The Balaban J connectivity index is 1.35. The van der Waals surface area contributed by atoms with Gasteiger partial charge in [-0.3, -0.25) is 4.68 Å². The number of nitrogens with one attached hydrogen (secondary N) is 1. The zero-order valence-corrected chi connectivity index (χ0v) is 15.1. The molecule has 1 aromatic carbocycles. The van der Waals surface area contributed by atoms with E-state index in [0.29, 0.717) is 5.92 Å². The largest absolute Gasteiger partial charge is 0.324 e. The molecule has 1 N–H and O–H groups in total. The lowest BCUT2D eigenvalue weighted by Gasteiger charge is -2.09. The lowest BCUT2D eigenvalue weighted by atomic mass is 10.2. The van der Waals surface area contributed by atoms with E-state index in [1.807, 2.05) is 47.1 Å². The number of rotatable bonds is 5. The molecule has 0 radical (unpaired) electrons. The predicted molar refractivity (Wildman–Crippen MR) is 104 cm³/mol. The quantitative estimate of drug-likeness (QED) is 0.541. The van der Waals surface area contributed by atoms with Gasteiger partial charge in [-0.2, -0.15) is 10.2 Å². The third-order valence-electron chi connectivity index (χ3n) is 4.65. The molecule has 1 aliphatic rings. The van der Waals surface area contributed by atoms with Gasteiger partial charge in [-0.1, -0.05) is 12.1 Å². The van der Waals surface area contributed by atoms with E-state index in [-0.39, 0.29) is 0 Å². The van der Waals surface area contributed by atoms with Crippen LogP contribution in [0.1, 0.15) is 24.5 Å². The van der Waals surface area contributed by atoms with Crippen molar-refractivity contribution in [3.05, 3.63) is 60.7 Å². The number of hydrogen-bond acceptors (Lipinski definition) is 5. The number of benzene rings is 1. The van der Waals surface area contributed by atoms with Crippen molar-refractivity contribution >= 4 is 28.5 Å². The lowest BCUT2D eigenvalue weighted by molar-refractivity contribution is 0.782. The van der Waals surface area contributed by atoms with Crippen LogP contribution in [-0.4, -0.2) is 24.5 Å². The summed E-state index contributed by atoms with van der Waals surface area (Å²) in [4.78, 5) is 5.65. The molecule has 5 rings (SSSR count). The highest BCUT2D eigenvalue weighted by atomic mass is 32.2. The number of para-hydroxylation sites is 1. The van der Waals surface area contributed by atoms with Crippen molar-refractivity contribution in [2.24, 2.45) is 7.05 Å². The van der Waals surface area contributed by atoms with E-state index >= 15 is 0 Å². The summed E-state index contributed by atoms with van der Waals surface area (Å²) < 4.78 is 7.26. The average Bonchev–Trinajstić information content (AvgIpc) is 3.28. The molecule has 0 unspecified atom stereocenters. The van der Waals surface area contributed by atoms with E-state index in [0.717, 1.165) is 27.3 Å². The first-order valence-electron chi connectivity index (χ1n) is 8.63. The van der Waals surface area contributed by atoms with Crippen LogP contribution in [0, 0.1) is 0 Å². The van der Waals surface area contributed by atoms with E-state index in [1.165, 1.54) is 18.5 Å². The Morgan fingerprint density at radius 1 is 1.08 bits per heavy atom. The van der Waals surface area contributed by atoms with Crippen LogP contribution in [0.3, 0.4) is 0 Å². The average molecular weight is 362 g/mol. The molecule has 4 aromatic rings. The highest BCUT2D eigenvalue weighted by Crippen LogP contribution is 2.40. The maximum Gasteiger partial charge on any atom is 0.153 e. The number of fused-ring (bicyclic) bond motifs is 1. The molecule has 3 aromatic heterocycles. The third-order valence-corrected chi connectivity index (χ3v) is 5.44. The number of nitrogens with zero attached hydrogens (tertiary/aromatic N) is 5. The zero-order valence-electron chi connectivity index (χ0n) is 14.3. The van der Waals surface area contributed by atoms with E-state index in [9.17, 15) is 0 Å². The molecule has 0 aliphatic heterocycles. The van der Waals surface area contributed by atoms with Crippen molar-refractivity contribution in [1.82, 2.24) is 24.5 Å². The summed E-state index contributed by atoms with van der Waals surface area (Å²) in [6.45, 7) is 0. The molecule has 1 aliphatic carbocycles. The summed E-state index contributed by atoms with van der Waals surface area (Å²) in [7, 11) is 1.95. The van der Waals surface area contributed by atoms with Crippen molar-refractivity contribution in [3.8, 4) is 5.82 Å². The van der Waals surface area contributed by atoms with Gasteiger partial charge < -0.3 is 4.72 Å². The highest BCUT2D eigenvalue weighted by molar-refractivity contribution is 8.00. The Bertz CT molecular complexity index is 1060. The van der Waals surface area contributed by atoms with Crippen LogP contribution in [0.4, 0.5) is 5.69 Å². The Kier molecular flexibility index (Phi) is 3.67. The van der Waals surface area contributed by atoms with Crippen molar-refractivity contribution in [2.45, 2.75) is 23.7 Å². The number of anilines is 1. The normalized spacial score (nSPS) is 14.0. The number of pyridine rings is 1. The first-order chi connectivity index (χ1) is 12.8. The van der Waals surface area contributed by atoms with Crippen molar-refractivity contribution in [2.75, 3.05) is 4.72 Å². The van der Waals surface area contributed by atoms with Crippen LogP contribution in [0.2, 0.25) is 0 Å². The molecular formula is C19H18N6S. The fourth-order valence-corrected chi connectivity index (χ4v) is 3.81. The molecule has 6 nitrogen and oxygen atoms in total. The molecule has 0 atom stereocenters. The smallest absolute Gasteiger partial charge is 0.153 e. The molecule has 0 spiro atoms. The van der Waals surface area contributed by atoms with Gasteiger partial charge in [-0.05, 0) is 49.1 Å². The maximum atomic E-state index is 4.60. The van der Waals surface area contributed by atoms with Crippen molar-refractivity contribution in [3.63, 3.8) is 0 Å². The van der Waals surface area contributed by atoms with Gasteiger partial charge in [0.1, 0.15) is 0 Å². The Morgan fingerprint density at radius 2 is 2.00 bits per heavy atom. The first kappa shape index (κ1) is 15.5. The lowest BCUT2D eigenvalue weighted by Crippen LogP contribution is -2.03. The van der Waals surface area contributed by atoms with E-state index in [4.69, 9.17) is 0 Å². The second-order valence-corrected chi connectivity index (χ2v) is 7.39. The highest BCUT2D eigenvalue weighted by Gasteiger charge is 2.27. The van der Waals surface area contributed by atoms with Crippen molar-refractivity contribution < 1.29 is 0 Å². The van der Waals surface area contributed by atoms with Gasteiger partial charge in [0.05, 0.1) is 17.4 Å². The summed E-state index contributed by atoms with van der Waals surface area (Å²) in [5.74, 6) is 1.52. The molecule has 3 heterocycles. The minimum atomic E-state index is 0.648. The number of hydrogen-bond donors (Lipinski definition) is 1. The van der Waals surface area contributed by atoms with Gasteiger partial charge in [0.15, 0.2) is 5.82 Å². The molecule has 1 fully saturated rings. The van der Waals surface area contributed by atoms with Gasteiger partial charge in [0.2, 0.25) is 0 Å².